The third-order valence-electron chi connectivity index (χ3n) is 5.48. The summed E-state index contributed by atoms with van der Waals surface area (Å²) >= 11 is 0. The predicted molar refractivity (Wildman–Crippen MR) is 121 cm³/mol. The molecule has 0 spiro atoms. The zero-order chi connectivity index (χ0) is 22.5. The lowest BCUT2D eigenvalue weighted by Crippen LogP contribution is -2.41. The largest absolute Gasteiger partial charge is 0.497 e. The van der Waals surface area contributed by atoms with Crippen LogP contribution in [0.4, 0.5) is 15.9 Å². The summed E-state index contributed by atoms with van der Waals surface area (Å²) in [4.78, 5) is 24.0. The number of carbonyl (C=O) groups excluding carboxylic acids is 1. The van der Waals surface area contributed by atoms with Gasteiger partial charge in [-0.1, -0.05) is 0 Å². The lowest BCUT2D eigenvalue weighted by atomic mass is 9.97. The molecule has 1 N–H and O–H groups in total. The van der Waals surface area contributed by atoms with Crippen molar-refractivity contribution in [2.75, 3.05) is 37.5 Å². The number of carbonyl (C=O) groups is 1. The molecule has 0 unspecified atom stereocenters. The molecule has 0 saturated carbocycles. The van der Waals surface area contributed by atoms with Crippen molar-refractivity contribution in [3.8, 4) is 22.9 Å². The molecule has 8 heteroatoms. The van der Waals surface area contributed by atoms with Crippen LogP contribution < -0.4 is 19.7 Å². The Morgan fingerprint density at radius 1 is 1.09 bits per heavy atom. The highest BCUT2D eigenvalue weighted by molar-refractivity contribution is 5.93. The van der Waals surface area contributed by atoms with Gasteiger partial charge in [-0.3, -0.25) is 4.79 Å². The SMILES string of the molecule is COc1cc(NC(=O)[C@H]2CCCN(c3ccnc(-c4ccc(F)cc4)n3)C2)cc(OC)c1. The Labute approximate surface area is 186 Å². The number of amides is 1. The van der Waals surface area contributed by atoms with E-state index in [4.69, 9.17) is 9.47 Å². The highest BCUT2D eigenvalue weighted by Crippen LogP contribution is 2.28. The third kappa shape index (κ3) is 4.96. The van der Waals surface area contributed by atoms with Crippen LogP contribution in [0.2, 0.25) is 0 Å². The third-order valence-corrected chi connectivity index (χ3v) is 5.48. The van der Waals surface area contributed by atoms with Gasteiger partial charge in [0.1, 0.15) is 23.1 Å². The Morgan fingerprint density at radius 2 is 1.81 bits per heavy atom. The molecule has 32 heavy (non-hydrogen) atoms. The highest BCUT2D eigenvalue weighted by atomic mass is 19.1. The second-order valence-corrected chi connectivity index (χ2v) is 7.62. The number of nitrogens with zero attached hydrogens (tertiary/aromatic N) is 3. The van der Waals surface area contributed by atoms with Gasteiger partial charge in [-0.05, 0) is 43.2 Å². The van der Waals surface area contributed by atoms with Crippen molar-refractivity contribution in [3.63, 3.8) is 0 Å². The maximum atomic E-state index is 13.2. The van der Waals surface area contributed by atoms with Crippen LogP contribution in [0.3, 0.4) is 0 Å². The molecule has 1 aliphatic heterocycles. The number of methoxy groups -OCH3 is 2. The fourth-order valence-electron chi connectivity index (χ4n) is 3.79. The van der Waals surface area contributed by atoms with Crippen LogP contribution in [0.5, 0.6) is 11.5 Å². The van der Waals surface area contributed by atoms with Gasteiger partial charge in [0.15, 0.2) is 5.82 Å². The standard InChI is InChI=1S/C24H25FN4O3/c1-31-20-12-19(13-21(14-20)32-2)27-24(30)17-4-3-11-29(15-17)22-9-10-26-23(28-22)16-5-7-18(25)8-6-16/h5-10,12-14,17H,3-4,11,15H2,1-2H3,(H,27,30)/t17-/m0/s1. The predicted octanol–water partition coefficient (Wildman–Crippen LogP) is 4.16. The van der Waals surface area contributed by atoms with Crippen LogP contribution in [0.1, 0.15) is 12.8 Å². The summed E-state index contributed by atoms with van der Waals surface area (Å²) in [7, 11) is 3.14. The van der Waals surface area contributed by atoms with E-state index in [-0.39, 0.29) is 17.6 Å². The molecular weight excluding hydrogens is 411 g/mol. The van der Waals surface area contributed by atoms with Crippen molar-refractivity contribution >= 4 is 17.4 Å². The average Bonchev–Trinajstić information content (AvgIpc) is 2.84. The smallest absolute Gasteiger partial charge is 0.229 e. The molecule has 7 nitrogen and oxygen atoms in total. The van der Waals surface area contributed by atoms with Crippen molar-refractivity contribution < 1.29 is 18.7 Å². The summed E-state index contributed by atoms with van der Waals surface area (Å²) in [5.74, 6) is 1.95. The Balaban J connectivity index is 1.47. The second kappa shape index (κ2) is 9.64. The zero-order valence-electron chi connectivity index (χ0n) is 18.0. The molecule has 0 radical (unpaired) electrons. The molecule has 0 bridgehead atoms. The summed E-state index contributed by atoms with van der Waals surface area (Å²) in [6.07, 6.45) is 3.35. The molecule has 1 amide bonds. The van der Waals surface area contributed by atoms with Crippen molar-refractivity contribution in [1.29, 1.82) is 0 Å². The Hall–Kier alpha value is -3.68. The normalized spacial score (nSPS) is 15.8. The lowest BCUT2D eigenvalue weighted by molar-refractivity contribution is -0.120. The molecule has 1 saturated heterocycles. The average molecular weight is 436 g/mol. The molecule has 4 rings (SSSR count). The van der Waals surface area contributed by atoms with Gasteiger partial charge in [0.25, 0.3) is 0 Å². The molecule has 1 fully saturated rings. The highest BCUT2D eigenvalue weighted by Gasteiger charge is 2.27. The first-order chi connectivity index (χ1) is 15.6. The summed E-state index contributed by atoms with van der Waals surface area (Å²) in [6, 6.07) is 13.2. The van der Waals surface area contributed by atoms with E-state index in [0.29, 0.717) is 29.6 Å². The molecular formula is C24H25FN4O3. The van der Waals surface area contributed by atoms with Crippen molar-refractivity contribution in [1.82, 2.24) is 9.97 Å². The number of hydrogen-bond donors (Lipinski definition) is 1. The number of hydrogen-bond acceptors (Lipinski definition) is 6. The van der Waals surface area contributed by atoms with Gasteiger partial charge >= 0.3 is 0 Å². The summed E-state index contributed by atoms with van der Waals surface area (Å²) in [5, 5.41) is 2.98. The number of anilines is 2. The molecule has 0 aliphatic carbocycles. The molecule has 2 aromatic carbocycles. The molecule has 2 heterocycles. The van der Waals surface area contributed by atoms with Crippen LogP contribution in [0, 0.1) is 11.7 Å². The first-order valence-corrected chi connectivity index (χ1v) is 10.4. The quantitative estimate of drug-likeness (QED) is 0.626. The van der Waals surface area contributed by atoms with Crippen molar-refractivity contribution in [2.45, 2.75) is 12.8 Å². The van der Waals surface area contributed by atoms with Gasteiger partial charge < -0.3 is 19.7 Å². The van der Waals surface area contributed by atoms with Gasteiger partial charge in [0, 0.05) is 48.7 Å². The second-order valence-electron chi connectivity index (χ2n) is 7.62. The van der Waals surface area contributed by atoms with Crippen LogP contribution in [0.15, 0.2) is 54.7 Å². The first kappa shape index (κ1) is 21.5. The van der Waals surface area contributed by atoms with E-state index < -0.39 is 0 Å². The number of rotatable bonds is 6. The summed E-state index contributed by atoms with van der Waals surface area (Å²) in [6.45, 7) is 1.35. The van der Waals surface area contributed by atoms with Crippen molar-refractivity contribution in [3.05, 3.63) is 60.5 Å². The van der Waals surface area contributed by atoms with E-state index >= 15 is 0 Å². The fraction of sp³-hybridized carbons (Fsp3) is 0.292. The van der Waals surface area contributed by atoms with Gasteiger partial charge in [-0.25, -0.2) is 14.4 Å². The topological polar surface area (TPSA) is 76.6 Å². The maximum absolute atomic E-state index is 13.2. The minimum Gasteiger partial charge on any atom is -0.497 e. The van der Waals surface area contributed by atoms with Crippen LogP contribution in [-0.2, 0) is 4.79 Å². The number of ether oxygens (including phenoxy) is 2. The van der Waals surface area contributed by atoms with Crippen LogP contribution >= 0.6 is 0 Å². The molecule has 166 valence electrons. The number of piperidine rings is 1. The van der Waals surface area contributed by atoms with E-state index in [2.05, 4.69) is 20.2 Å². The number of halogens is 1. The number of aromatic nitrogens is 2. The Morgan fingerprint density at radius 3 is 2.50 bits per heavy atom. The Bertz CT molecular complexity index is 1070. The summed E-state index contributed by atoms with van der Waals surface area (Å²) in [5.41, 5.74) is 1.37. The molecule has 1 aliphatic rings. The zero-order valence-corrected chi connectivity index (χ0v) is 18.0. The Kier molecular flexibility index (Phi) is 6.49. The van der Waals surface area contributed by atoms with E-state index in [9.17, 15) is 9.18 Å². The van der Waals surface area contributed by atoms with Crippen LogP contribution in [-0.4, -0.2) is 43.2 Å². The van der Waals surface area contributed by atoms with Gasteiger partial charge in [-0.15, -0.1) is 0 Å². The van der Waals surface area contributed by atoms with Gasteiger partial charge in [0.05, 0.1) is 20.1 Å². The number of nitrogens with one attached hydrogen (secondary N) is 1. The molecule has 3 aromatic rings. The van der Waals surface area contributed by atoms with E-state index in [1.54, 1.807) is 50.7 Å². The van der Waals surface area contributed by atoms with Crippen molar-refractivity contribution in [2.24, 2.45) is 5.92 Å². The summed E-state index contributed by atoms with van der Waals surface area (Å²) < 4.78 is 23.8. The maximum Gasteiger partial charge on any atom is 0.229 e. The fourth-order valence-corrected chi connectivity index (χ4v) is 3.79. The minimum absolute atomic E-state index is 0.0576. The van der Waals surface area contributed by atoms with E-state index in [1.807, 2.05) is 6.07 Å². The van der Waals surface area contributed by atoms with Crippen LogP contribution in [0.25, 0.3) is 11.4 Å². The molecule has 1 atom stereocenters. The number of benzene rings is 2. The van der Waals surface area contributed by atoms with Gasteiger partial charge in [-0.2, -0.15) is 0 Å². The first-order valence-electron chi connectivity index (χ1n) is 10.4. The molecule has 1 aromatic heterocycles. The monoisotopic (exact) mass is 436 g/mol. The van der Waals surface area contributed by atoms with E-state index in [0.717, 1.165) is 30.8 Å². The van der Waals surface area contributed by atoms with E-state index in [1.165, 1.54) is 12.1 Å². The lowest BCUT2D eigenvalue weighted by Gasteiger charge is -2.33. The van der Waals surface area contributed by atoms with Gasteiger partial charge in [0.2, 0.25) is 5.91 Å². The minimum atomic E-state index is -0.302.